The molecule has 2 amide bonds. The molecule has 0 aromatic heterocycles. The quantitative estimate of drug-likeness (QED) is 0.741. The van der Waals surface area contributed by atoms with Crippen molar-refractivity contribution in [3.63, 3.8) is 0 Å². The second kappa shape index (κ2) is 5.70. The van der Waals surface area contributed by atoms with Crippen LogP contribution in [0, 0.1) is 0 Å². The van der Waals surface area contributed by atoms with Gasteiger partial charge in [0.15, 0.2) is 0 Å². The number of hydrogen-bond donors (Lipinski definition) is 2. The van der Waals surface area contributed by atoms with Crippen molar-refractivity contribution in [3.8, 4) is 0 Å². The van der Waals surface area contributed by atoms with Crippen molar-refractivity contribution in [2.24, 2.45) is 5.73 Å². The van der Waals surface area contributed by atoms with E-state index in [1.54, 1.807) is 20.8 Å². The molecule has 0 unspecified atom stereocenters. The van der Waals surface area contributed by atoms with E-state index in [2.05, 4.69) is 5.32 Å². The fraction of sp³-hybridized carbons (Fsp3) is 0.800. The molecular formula is C10H20N2O3. The van der Waals surface area contributed by atoms with Gasteiger partial charge in [-0.15, -0.1) is 0 Å². The molecular weight excluding hydrogens is 196 g/mol. The zero-order valence-electron chi connectivity index (χ0n) is 9.79. The van der Waals surface area contributed by atoms with E-state index in [0.717, 1.165) is 6.42 Å². The number of ether oxygens (including phenoxy) is 1. The normalized spacial score (nSPS) is 13.1. The van der Waals surface area contributed by atoms with Crippen molar-refractivity contribution in [2.45, 2.75) is 52.2 Å². The summed E-state index contributed by atoms with van der Waals surface area (Å²) in [7, 11) is 0. The van der Waals surface area contributed by atoms with E-state index in [0.29, 0.717) is 6.42 Å². The van der Waals surface area contributed by atoms with Crippen LogP contribution in [0.15, 0.2) is 0 Å². The Bertz CT molecular complexity index is 233. The summed E-state index contributed by atoms with van der Waals surface area (Å²) in [5.41, 5.74) is 4.91. The molecule has 0 aliphatic rings. The summed E-state index contributed by atoms with van der Waals surface area (Å²) >= 11 is 0. The molecule has 0 saturated carbocycles. The highest BCUT2D eigenvalue weighted by Gasteiger charge is 2.20. The maximum Gasteiger partial charge on any atom is 0.414 e. The predicted octanol–water partition coefficient (Wildman–Crippen LogP) is 1.17. The zero-order chi connectivity index (χ0) is 12.1. The van der Waals surface area contributed by atoms with Gasteiger partial charge in [-0.05, 0) is 27.2 Å². The van der Waals surface area contributed by atoms with Crippen molar-refractivity contribution in [2.75, 3.05) is 0 Å². The number of nitrogens with two attached hydrogens (primary N) is 1. The second-order valence-corrected chi connectivity index (χ2v) is 4.39. The third-order valence-electron chi connectivity index (χ3n) is 1.56. The molecule has 0 rings (SSSR count). The van der Waals surface area contributed by atoms with Crippen LogP contribution in [0.1, 0.15) is 40.5 Å². The lowest BCUT2D eigenvalue weighted by atomic mass is 10.2. The van der Waals surface area contributed by atoms with E-state index in [1.165, 1.54) is 0 Å². The summed E-state index contributed by atoms with van der Waals surface area (Å²) < 4.78 is 4.91. The van der Waals surface area contributed by atoms with Gasteiger partial charge in [0.2, 0.25) is 5.91 Å². The van der Waals surface area contributed by atoms with E-state index >= 15 is 0 Å². The topological polar surface area (TPSA) is 81.4 Å². The molecule has 0 heterocycles. The fourth-order valence-corrected chi connectivity index (χ4v) is 0.939. The molecule has 5 heteroatoms. The van der Waals surface area contributed by atoms with Crippen LogP contribution in [0.25, 0.3) is 0 Å². The molecule has 3 N–H and O–H groups in total. The molecule has 15 heavy (non-hydrogen) atoms. The van der Waals surface area contributed by atoms with Crippen LogP contribution in [-0.4, -0.2) is 23.6 Å². The first-order chi connectivity index (χ1) is 6.76. The standard InChI is InChI=1S/C10H20N2O3/c1-5-6-7(11)8(13)12-9(14)15-10(2,3)4/h7H,5-6,11H2,1-4H3,(H,12,13,14)/t7-/m0/s1. The van der Waals surface area contributed by atoms with Crippen LogP contribution in [0.4, 0.5) is 4.79 Å². The highest BCUT2D eigenvalue weighted by molar-refractivity contribution is 5.94. The number of rotatable bonds is 3. The van der Waals surface area contributed by atoms with Crippen LogP contribution < -0.4 is 11.1 Å². The Morgan fingerprint density at radius 1 is 1.40 bits per heavy atom. The molecule has 0 aliphatic carbocycles. The first kappa shape index (κ1) is 13.9. The van der Waals surface area contributed by atoms with Gasteiger partial charge in [0.1, 0.15) is 5.60 Å². The summed E-state index contributed by atoms with van der Waals surface area (Å²) in [6.45, 7) is 7.09. The van der Waals surface area contributed by atoms with Crippen LogP contribution in [0.5, 0.6) is 0 Å². The van der Waals surface area contributed by atoms with Crippen molar-refractivity contribution >= 4 is 12.0 Å². The average molecular weight is 216 g/mol. The van der Waals surface area contributed by atoms with Crippen molar-refractivity contribution in [1.29, 1.82) is 0 Å². The van der Waals surface area contributed by atoms with Gasteiger partial charge in [-0.2, -0.15) is 0 Å². The minimum Gasteiger partial charge on any atom is -0.444 e. The molecule has 88 valence electrons. The number of nitrogens with one attached hydrogen (secondary N) is 1. The second-order valence-electron chi connectivity index (χ2n) is 4.39. The van der Waals surface area contributed by atoms with E-state index in [9.17, 15) is 9.59 Å². The van der Waals surface area contributed by atoms with E-state index in [1.807, 2.05) is 6.92 Å². The Labute approximate surface area is 90.4 Å². The van der Waals surface area contributed by atoms with Crippen LogP contribution in [-0.2, 0) is 9.53 Å². The number of carbonyl (C=O) groups excluding carboxylic acids is 2. The van der Waals surface area contributed by atoms with Gasteiger partial charge in [0.05, 0.1) is 6.04 Å². The number of alkyl carbamates (subject to hydrolysis) is 1. The highest BCUT2D eigenvalue weighted by Crippen LogP contribution is 2.06. The van der Waals surface area contributed by atoms with Crippen LogP contribution in [0.3, 0.4) is 0 Å². The van der Waals surface area contributed by atoms with Crippen molar-refractivity contribution < 1.29 is 14.3 Å². The summed E-state index contributed by atoms with van der Waals surface area (Å²) in [5.74, 6) is -0.494. The number of hydrogen-bond acceptors (Lipinski definition) is 4. The highest BCUT2D eigenvalue weighted by atomic mass is 16.6. The minimum absolute atomic E-state index is 0.494. The van der Waals surface area contributed by atoms with Gasteiger partial charge in [0, 0.05) is 0 Å². The summed E-state index contributed by atoms with van der Waals surface area (Å²) in [6, 6.07) is -0.650. The predicted molar refractivity (Wildman–Crippen MR) is 57.3 cm³/mol. The largest absolute Gasteiger partial charge is 0.444 e. The summed E-state index contributed by atoms with van der Waals surface area (Å²) in [5, 5.41) is 2.10. The number of imide groups is 1. The van der Waals surface area contributed by atoms with Crippen LogP contribution >= 0.6 is 0 Å². The monoisotopic (exact) mass is 216 g/mol. The molecule has 0 aromatic rings. The molecule has 0 bridgehead atoms. The average Bonchev–Trinajstić information content (AvgIpc) is 2.00. The van der Waals surface area contributed by atoms with Gasteiger partial charge in [-0.25, -0.2) is 4.79 Å². The fourth-order valence-electron chi connectivity index (χ4n) is 0.939. The van der Waals surface area contributed by atoms with E-state index in [-0.39, 0.29) is 0 Å². The third-order valence-corrected chi connectivity index (χ3v) is 1.56. The molecule has 0 spiro atoms. The van der Waals surface area contributed by atoms with Gasteiger partial charge in [0.25, 0.3) is 0 Å². The molecule has 0 fully saturated rings. The Kier molecular flexibility index (Phi) is 5.28. The Balaban J connectivity index is 4.02. The van der Waals surface area contributed by atoms with Gasteiger partial charge >= 0.3 is 6.09 Å². The Hall–Kier alpha value is -1.10. The lowest BCUT2D eigenvalue weighted by Crippen LogP contribution is -2.45. The molecule has 0 aliphatic heterocycles. The van der Waals surface area contributed by atoms with Gasteiger partial charge in [-0.1, -0.05) is 13.3 Å². The van der Waals surface area contributed by atoms with Gasteiger partial charge < -0.3 is 10.5 Å². The van der Waals surface area contributed by atoms with Gasteiger partial charge in [-0.3, -0.25) is 10.1 Å². The van der Waals surface area contributed by atoms with E-state index < -0.39 is 23.6 Å². The first-order valence-electron chi connectivity index (χ1n) is 5.05. The minimum atomic E-state index is -0.751. The number of amides is 2. The zero-order valence-corrected chi connectivity index (χ0v) is 9.79. The Morgan fingerprint density at radius 2 is 1.93 bits per heavy atom. The lowest BCUT2D eigenvalue weighted by Gasteiger charge is -2.20. The molecule has 0 radical (unpaired) electrons. The molecule has 0 saturated heterocycles. The first-order valence-corrected chi connectivity index (χ1v) is 5.05. The lowest BCUT2D eigenvalue weighted by molar-refractivity contribution is -0.122. The summed E-state index contributed by atoms with van der Waals surface area (Å²) in [4.78, 5) is 22.5. The van der Waals surface area contributed by atoms with E-state index in [4.69, 9.17) is 10.5 Å². The maximum atomic E-state index is 11.3. The Morgan fingerprint density at radius 3 is 2.33 bits per heavy atom. The smallest absolute Gasteiger partial charge is 0.414 e. The summed E-state index contributed by atoms with van der Waals surface area (Å²) in [6.07, 6.45) is 0.594. The molecule has 5 nitrogen and oxygen atoms in total. The van der Waals surface area contributed by atoms with Crippen molar-refractivity contribution in [1.82, 2.24) is 5.32 Å². The van der Waals surface area contributed by atoms with Crippen molar-refractivity contribution in [3.05, 3.63) is 0 Å². The van der Waals surface area contributed by atoms with Crippen LogP contribution in [0.2, 0.25) is 0 Å². The maximum absolute atomic E-state index is 11.3. The number of carbonyl (C=O) groups is 2. The molecule has 1 atom stereocenters. The SMILES string of the molecule is CCC[C@H](N)C(=O)NC(=O)OC(C)(C)C. The third kappa shape index (κ3) is 6.90. The molecule has 0 aromatic carbocycles.